The predicted molar refractivity (Wildman–Crippen MR) is 101 cm³/mol. The number of aromatic nitrogens is 4. The summed E-state index contributed by atoms with van der Waals surface area (Å²) in [4.78, 5) is 4.01. The summed E-state index contributed by atoms with van der Waals surface area (Å²) in [7, 11) is 0. The zero-order valence-corrected chi connectivity index (χ0v) is 14.9. The van der Waals surface area contributed by atoms with Gasteiger partial charge in [-0.1, -0.05) is 37.8 Å². The highest BCUT2D eigenvalue weighted by atomic mass is 16.6. The summed E-state index contributed by atoms with van der Waals surface area (Å²) in [6.07, 6.45) is 9.02. The lowest BCUT2D eigenvalue weighted by Crippen LogP contribution is -2.22. The third-order valence-electron chi connectivity index (χ3n) is 5.80. The Morgan fingerprint density at radius 1 is 1.07 bits per heavy atom. The fourth-order valence-corrected chi connectivity index (χ4v) is 4.49. The Morgan fingerprint density at radius 3 is 2.74 bits per heavy atom. The molecule has 3 aromatic rings. The van der Waals surface area contributed by atoms with Gasteiger partial charge in [-0.15, -0.1) is 0 Å². The molecule has 1 unspecified atom stereocenters. The normalized spacial score (nSPS) is 20.8. The van der Waals surface area contributed by atoms with E-state index in [2.05, 4.69) is 30.7 Å². The van der Waals surface area contributed by atoms with Crippen molar-refractivity contribution in [3.8, 4) is 0 Å². The largest absolute Gasteiger partial charge is 0.354 e. The van der Waals surface area contributed by atoms with E-state index in [4.69, 9.17) is 11.2 Å². The van der Waals surface area contributed by atoms with Gasteiger partial charge in [0, 0.05) is 11.3 Å². The molecule has 5 rings (SSSR count). The van der Waals surface area contributed by atoms with Crippen molar-refractivity contribution in [3.05, 3.63) is 58.3 Å². The van der Waals surface area contributed by atoms with Crippen molar-refractivity contribution >= 4 is 16.9 Å². The summed E-state index contributed by atoms with van der Waals surface area (Å²) >= 11 is 0. The van der Waals surface area contributed by atoms with E-state index in [9.17, 15) is 0 Å². The molecule has 1 saturated carbocycles. The number of H-pyrrole nitrogens is 1. The number of allylic oxidation sites excluding steroid dienone is 2. The molecule has 1 fully saturated rings. The topological polar surface area (TPSA) is 84.0 Å². The minimum Gasteiger partial charge on any atom is -0.354 e. The first-order valence-corrected chi connectivity index (χ1v) is 9.50. The van der Waals surface area contributed by atoms with Gasteiger partial charge in [0.1, 0.15) is 16.9 Å². The minimum absolute atomic E-state index is 0.216. The van der Waals surface area contributed by atoms with Crippen molar-refractivity contribution in [1.82, 2.24) is 20.5 Å². The Kier molecular flexibility index (Phi) is 3.89. The van der Waals surface area contributed by atoms with E-state index in [0.29, 0.717) is 17.0 Å². The maximum absolute atomic E-state index is 7.98. The summed E-state index contributed by atoms with van der Waals surface area (Å²) in [5, 5.41) is 18.9. The Hall–Kier alpha value is -3.14. The summed E-state index contributed by atoms with van der Waals surface area (Å²) in [6.45, 7) is 7.98. The van der Waals surface area contributed by atoms with E-state index < -0.39 is 0 Å². The number of nitrogens with one attached hydrogen (secondary N) is 2. The lowest BCUT2D eigenvalue weighted by molar-refractivity contribution is 0.315. The van der Waals surface area contributed by atoms with Crippen molar-refractivity contribution in [2.75, 3.05) is 5.32 Å². The lowest BCUT2D eigenvalue weighted by atomic mass is 9.82. The molecule has 2 aromatic heterocycles. The molecule has 0 amide bonds. The van der Waals surface area contributed by atoms with Crippen LogP contribution in [0.5, 0.6) is 0 Å². The highest BCUT2D eigenvalue weighted by molar-refractivity contribution is 5.80. The molecule has 0 bridgehead atoms. The fourth-order valence-electron chi connectivity index (χ4n) is 4.49. The van der Waals surface area contributed by atoms with E-state index in [0.717, 1.165) is 41.2 Å². The monoisotopic (exact) mass is 360 g/mol. The zero-order valence-electron chi connectivity index (χ0n) is 14.9. The SMILES string of the molecule is [C-]#[N+]C1=C(C2CCCCCC2)Nc2[nH]ncc2C1c1cccc2nonc12. The van der Waals surface area contributed by atoms with Crippen molar-refractivity contribution in [2.45, 2.75) is 44.4 Å². The minimum atomic E-state index is -0.216. The van der Waals surface area contributed by atoms with Crippen molar-refractivity contribution in [2.24, 2.45) is 5.92 Å². The Balaban J connectivity index is 1.70. The van der Waals surface area contributed by atoms with Gasteiger partial charge in [0.05, 0.1) is 18.7 Å². The predicted octanol–water partition coefficient (Wildman–Crippen LogP) is 4.60. The molecule has 0 saturated heterocycles. The molecule has 7 nitrogen and oxygen atoms in total. The van der Waals surface area contributed by atoms with Gasteiger partial charge in [0.15, 0.2) is 5.70 Å². The van der Waals surface area contributed by atoms with Crippen molar-refractivity contribution < 1.29 is 4.63 Å². The van der Waals surface area contributed by atoms with Crippen LogP contribution in [-0.2, 0) is 0 Å². The molecule has 3 heterocycles. The van der Waals surface area contributed by atoms with Crippen LogP contribution in [0.15, 0.2) is 40.4 Å². The van der Waals surface area contributed by atoms with Crippen LogP contribution in [0.1, 0.15) is 55.6 Å². The van der Waals surface area contributed by atoms with Crippen LogP contribution in [0.25, 0.3) is 15.9 Å². The molecule has 1 aromatic carbocycles. The molecule has 2 aliphatic rings. The van der Waals surface area contributed by atoms with Crippen LogP contribution in [0, 0.1) is 12.5 Å². The summed E-state index contributed by atoms with van der Waals surface area (Å²) in [5.74, 6) is 1.04. The number of benzene rings is 1. The van der Waals surface area contributed by atoms with Crippen LogP contribution >= 0.6 is 0 Å². The van der Waals surface area contributed by atoms with Gasteiger partial charge in [0.25, 0.3) is 0 Å². The van der Waals surface area contributed by atoms with E-state index in [1.165, 1.54) is 25.7 Å². The fraction of sp³-hybridized carbons (Fsp3) is 0.400. The molecule has 27 heavy (non-hydrogen) atoms. The van der Waals surface area contributed by atoms with E-state index >= 15 is 0 Å². The van der Waals surface area contributed by atoms with Crippen molar-refractivity contribution in [1.29, 1.82) is 0 Å². The number of fused-ring (bicyclic) bond motifs is 2. The maximum Gasteiger partial charge on any atom is 0.196 e. The molecule has 136 valence electrons. The van der Waals surface area contributed by atoms with Crippen molar-refractivity contribution in [3.63, 3.8) is 0 Å². The van der Waals surface area contributed by atoms with Gasteiger partial charge in [-0.05, 0) is 40.7 Å². The summed E-state index contributed by atoms with van der Waals surface area (Å²) in [6, 6.07) is 5.83. The Bertz CT molecular complexity index is 1050. The standard InChI is InChI=1S/C20H20N6O/c1-21-19-16(13-9-6-10-15-18(13)26-27-25-15)14-11-22-24-20(14)23-17(19)12-7-4-2-3-5-8-12/h6,9-12,16H,2-5,7-8H2,(H2,22,23,24). The number of nitrogens with zero attached hydrogens (tertiary/aromatic N) is 4. The van der Waals surface area contributed by atoms with E-state index in [-0.39, 0.29) is 5.92 Å². The van der Waals surface area contributed by atoms with Gasteiger partial charge in [-0.2, -0.15) is 5.10 Å². The number of rotatable bonds is 2. The van der Waals surface area contributed by atoms with Gasteiger partial charge in [-0.3, -0.25) is 5.10 Å². The van der Waals surface area contributed by atoms with Crippen LogP contribution in [0.2, 0.25) is 0 Å². The highest BCUT2D eigenvalue weighted by Gasteiger charge is 2.36. The zero-order chi connectivity index (χ0) is 18.2. The van der Waals surface area contributed by atoms with Gasteiger partial charge < -0.3 is 5.32 Å². The van der Waals surface area contributed by atoms with E-state index in [1.54, 1.807) is 6.20 Å². The molecule has 7 heteroatoms. The van der Waals surface area contributed by atoms with Crippen LogP contribution in [0.4, 0.5) is 5.82 Å². The quantitative estimate of drug-likeness (QED) is 0.515. The average molecular weight is 360 g/mol. The third-order valence-corrected chi connectivity index (χ3v) is 5.80. The summed E-state index contributed by atoms with van der Waals surface area (Å²) in [5.41, 5.74) is 5.10. The average Bonchev–Trinajstić information content (AvgIpc) is 3.29. The van der Waals surface area contributed by atoms with Gasteiger partial charge >= 0.3 is 0 Å². The second-order valence-electron chi connectivity index (χ2n) is 7.34. The highest BCUT2D eigenvalue weighted by Crippen LogP contribution is 2.46. The first-order valence-electron chi connectivity index (χ1n) is 9.50. The maximum atomic E-state index is 7.98. The molecule has 1 aliphatic carbocycles. The number of aromatic amines is 1. The number of anilines is 1. The molecule has 0 spiro atoms. The molecular formula is C20H20N6O. The number of hydrogen-bond donors (Lipinski definition) is 2. The van der Waals surface area contributed by atoms with E-state index in [1.807, 2.05) is 18.2 Å². The summed E-state index contributed by atoms with van der Waals surface area (Å²) < 4.78 is 4.96. The smallest absolute Gasteiger partial charge is 0.196 e. The van der Waals surface area contributed by atoms with Crippen LogP contribution in [-0.4, -0.2) is 20.5 Å². The second kappa shape index (κ2) is 6.54. The van der Waals surface area contributed by atoms with Gasteiger partial charge in [0.2, 0.25) is 0 Å². The molecule has 0 radical (unpaired) electrons. The third kappa shape index (κ3) is 2.60. The first-order chi connectivity index (χ1) is 13.4. The van der Waals surface area contributed by atoms with Crippen LogP contribution < -0.4 is 5.32 Å². The van der Waals surface area contributed by atoms with Gasteiger partial charge in [-0.25, -0.2) is 9.47 Å². The van der Waals surface area contributed by atoms with Crippen LogP contribution in [0.3, 0.4) is 0 Å². The lowest BCUT2D eigenvalue weighted by Gasteiger charge is -2.30. The molecular weight excluding hydrogens is 340 g/mol. The molecule has 1 atom stereocenters. The number of hydrogen-bond acceptors (Lipinski definition) is 5. The Morgan fingerprint density at radius 2 is 1.93 bits per heavy atom. The molecule has 1 aliphatic heterocycles. The second-order valence-corrected chi connectivity index (χ2v) is 7.34. The Labute approximate surface area is 156 Å². The molecule has 2 N–H and O–H groups in total. The first kappa shape index (κ1) is 16.1.